The van der Waals surface area contributed by atoms with Gasteiger partial charge in [0.1, 0.15) is 24.7 Å². The Morgan fingerprint density at radius 2 is 2.09 bits per heavy atom. The van der Waals surface area contributed by atoms with Gasteiger partial charge >= 0.3 is 0 Å². The van der Waals surface area contributed by atoms with Crippen molar-refractivity contribution < 1.29 is 19.4 Å². The van der Waals surface area contributed by atoms with Crippen LogP contribution in [-0.2, 0) is 24.2 Å². The standard InChI is InChI=1S/C25H29N5O4/c1-25(2)14-34-23(27-25)11-21-18-9-19(22(31)10-20(18)28-29-21)24(32)30-12-15-4-5-17(8-16(15)13-30)33-7-6-26-3/h4-5,8-10,26,31H,6-7,11-14H2,1-3H3,(H,28,29). The smallest absolute Gasteiger partial charge is 0.258 e. The number of aromatic nitrogens is 2. The first-order chi connectivity index (χ1) is 16.3. The molecule has 178 valence electrons. The molecule has 1 amide bonds. The number of fused-ring (bicyclic) bond motifs is 2. The van der Waals surface area contributed by atoms with E-state index < -0.39 is 0 Å². The maximum atomic E-state index is 13.4. The predicted molar refractivity (Wildman–Crippen MR) is 128 cm³/mol. The fourth-order valence-corrected chi connectivity index (χ4v) is 4.35. The minimum atomic E-state index is -0.243. The quantitative estimate of drug-likeness (QED) is 0.465. The summed E-state index contributed by atoms with van der Waals surface area (Å²) < 4.78 is 11.5. The third-order valence-electron chi connectivity index (χ3n) is 6.14. The summed E-state index contributed by atoms with van der Waals surface area (Å²) in [4.78, 5) is 19.7. The zero-order valence-electron chi connectivity index (χ0n) is 19.6. The first-order valence-corrected chi connectivity index (χ1v) is 11.4. The molecule has 0 saturated heterocycles. The molecule has 0 bridgehead atoms. The van der Waals surface area contributed by atoms with E-state index in [9.17, 15) is 9.90 Å². The Kier molecular flexibility index (Phi) is 5.65. The highest BCUT2D eigenvalue weighted by molar-refractivity contribution is 6.02. The Labute approximate surface area is 197 Å². The number of aromatic amines is 1. The van der Waals surface area contributed by atoms with Gasteiger partial charge in [-0.1, -0.05) is 6.07 Å². The Morgan fingerprint density at radius 3 is 2.85 bits per heavy atom. The molecule has 0 unspecified atom stereocenters. The molecule has 9 nitrogen and oxygen atoms in total. The number of hydrogen-bond acceptors (Lipinski definition) is 7. The van der Waals surface area contributed by atoms with Crippen LogP contribution in [0.1, 0.15) is 41.0 Å². The Morgan fingerprint density at radius 1 is 1.26 bits per heavy atom. The van der Waals surface area contributed by atoms with Gasteiger partial charge < -0.3 is 24.8 Å². The lowest BCUT2D eigenvalue weighted by atomic mass is 10.1. The van der Waals surface area contributed by atoms with Gasteiger partial charge in [-0.25, -0.2) is 4.99 Å². The SMILES string of the molecule is CNCCOc1ccc2c(c1)CN(C(=O)c1cc3c(CC4=NC(C)(C)CO4)[nH]nc3cc1O)C2. The number of ether oxygens (including phenoxy) is 2. The van der Waals surface area contributed by atoms with Crippen molar-refractivity contribution >= 4 is 22.7 Å². The molecule has 0 atom stereocenters. The number of carbonyl (C=O) groups is 1. The molecule has 5 rings (SSSR count). The van der Waals surface area contributed by atoms with E-state index in [2.05, 4.69) is 20.5 Å². The molecule has 0 saturated carbocycles. The normalized spacial score (nSPS) is 16.4. The summed E-state index contributed by atoms with van der Waals surface area (Å²) >= 11 is 0. The van der Waals surface area contributed by atoms with Crippen LogP contribution in [0.2, 0.25) is 0 Å². The van der Waals surface area contributed by atoms with Crippen LogP contribution in [0.3, 0.4) is 0 Å². The lowest BCUT2D eigenvalue weighted by Gasteiger charge is -2.16. The number of nitrogens with zero attached hydrogens (tertiary/aromatic N) is 3. The van der Waals surface area contributed by atoms with Gasteiger partial charge in [0.05, 0.1) is 28.7 Å². The third kappa shape index (κ3) is 4.31. The van der Waals surface area contributed by atoms with Crippen molar-refractivity contribution in [3.05, 3.63) is 52.7 Å². The number of aromatic hydroxyl groups is 1. The number of H-pyrrole nitrogens is 1. The third-order valence-corrected chi connectivity index (χ3v) is 6.14. The average Bonchev–Trinajstić information content (AvgIpc) is 3.49. The number of carbonyl (C=O) groups excluding carboxylic acids is 1. The lowest BCUT2D eigenvalue weighted by Crippen LogP contribution is -2.25. The van der Waals surface area contributed by atoms with Gasteiger partial charge in [-0.3, -0.25) is 9.89 Å². The Balaban J connectivity index is 1.36. The molecule has 0 fully saturated rings. The monoisotopic (exact) mass is 463 g/mol. The molecule has 2 aliphatic rings. The molecule has 3 N–H and O–H groups in total. The molecule has 9 heteroatoms. The molecule has 2 aliphatic heterocycles. The molecule has 3 aromatic rings. The average molecular weight is 464 g/mol. The van der Waals surface area contributed by atoms with Gasteiger partial charge in [-0.2, -0.15) is 5.10 Å². The highest BCUT2D eigenvalue weighted by Gasteiger charge is 2.29. The fraction of sp³-hybridized carbons (Fsp3) is 0.400. The van der Waals surface area contributed by atoms with Gasteiger partial charge in [0.25, 0.3) is 5.91 Å². The van der Waals surface area contributed by atoms with E-state index in [1.165, 1.54) is 6.07 Å². The van der Waals surface area contributed by atoms with E-state index in [0.717, 1.165) is 34.5 Å². The highest BCUT2D eigenvalue weighted by Crippen LogP contribution is 2.32. The number of benzene rings is 2. The number of hydrogen-bond donors (Lipinski definition) is 3. The van der Waals surface area contributed by atoms with Crippen molar-refractivity contribution in [2.45, 2.75) is 38.9 Å². The number of nitrogens with one attached hydrogen (secondary N) is 2. The molecule has 34 heavy (non-hydrogen) atoms. The second-order valence-corrected chi connectivity index (χ2v) is 9.42. The van der Waals surface area contributed by atoms with Crippen molar-refractivity contribution in [2.24, 2.45) is 4.99 Å². The van der Waals surface area contributed by atoms with Gasteiger partial charge in [0.15, 0.2) is 5.90 Å². The summed E-state index contributed by atoms with van der Waals surface area (Å²) in [5, 5.41) is 21.7. The van der Waals surface area contributed by atoms with Crippen LogP contribution in [0.25, 0.3) is 10.9 Å². The number of amides is 1. The van der Waals surface area contributed by atoms with Crippen molar-refractivity contribution in [3.63, 3.8) is 0 Å². The number of rotatable bonds is 7. The van der Waals surface area contributed by atoms with Gasteiger partial charge in [-0.15, -0.1) is 0 Å². The van der Waals surface area contributed by atoms with Crippen LogP contribution in [0, 0.1) is 0 Å². The highest BCUT2D eigenvalue weighted by atomic mass is 16.5. The van der Waals surface area contributed by atoms with E-state index in [1.54, 1.807) is 11.0 Å². The Bertz CT molecular complexity index is 1280. The summed E-state index contributed by atoms with van der Waals surface area (Å²) in [6.07, 6.45) is 0.448. The van der Waals surface area contributed by atoms with E-state index in [4.69, 9.17) is 9.47 Å². The van der Waals surface area contributed by atoms with E-state index >= 15 is 0 Å². The van der Waals surface area contributed by atoms with Gasteiger partial charge in [0, 0.05) is 31.1 Å². The van der Waals surface area contributed by atoms with E-state index in [1.807, 2.05) is 39.1 Å². The summed E-state index contributed by atoms with van der Waals surface area (Å²) in [6.45, 7) is 6.87. The van der Waals surface area contributed by atoms with Crippen molar-refractivity contribution in [1.82, 2.24) is 20.4 Å². The first-order valence-electron chi connectivity index (χ1n) is 11.4. The van der Waals surface area contributed by atoms with Crippen molar-refractivity contribution in [3.8, 4) is 11.5 Å². The van der Waals surface area contributed by atoms with Crippen LogP contribution in [0.15, 0.2) is 35.3 Å². The van der Waals surface area contributed by atoms with Crippen LogP contribution >= 0.6 is 0 Å². The maximum absolute atomic E-state index is 13.4. The zero-order valence-corrected chi connectivity index (χ0v) is 19.6. The molecule has 0 spiro atoms. The molecular formula is C25H29N5O4. The largest absolute Gasteiger partial charge is 0.507 e. The second-order valence-electron chi connectivity index (χ2n) is 9.42. The van der Waals surface area contributed by atoms with Gasteiger partial charge in [-0.05, 0) is 50.2 Å². The summed E-state index contributed by atoms with van der Waals surface area (Å²) in [7, 11) is 1.88. The number of likely N-dealkylation sites (N-methyl/N-ethyl adjacent to an activating group) is 1. The molecule has 0 aliphatic carbocycles. The number of phenols is 1. The topological polar surface area (TPSA) is 112 Å². The molecule has 1 aromatic heterocycles. The lowest BCUT2D eigenvalue weighted by molar-refractivity contribution is 0.0748. The van der Waals surface area contributed by atoms with Crippen LogP contribution in [-0.4, -0.2) is 64.4 Å². The molecule has 0 radical (unpaired) electrons. The zero-order chi connectivity index (χ0) is 23.9. The van der Waals surface area contributed by atoms with E-state index in [0.29, 0.717) is 44.1 Å². The predicted octanol–water partition coefficient (Wildman–Crippen LogP) is 2.77. The van der Waals surface area contributed by atoms with Crippen LogP contribution in [0.5, 0.6) is 11.5 Å². The van der Waals surface area contributed by atoms with Gasteiger partial charge in [0.2, 0.25) is 0 Å². The molecule has 3 heterocycles. The maximum Gasteiger partial charge on any atom is 0.258 e. The van der Waals surface area contributed by atoms with Crippen LogP contribution in [0.4, 0.5) is 0 Å². The van der Waals surface area contributed by atoms with Crippen molar-refractivity contribution in [1.29, 1.82) is 0 Å². The summed E-state index contributed by atoms with van der Waals surface area (Å²) in [5.41, 5.74) is 3.54. The molecule has 2 aromatic carbocycles. The van der Waals surface area contributed by atoms with Crippen LogP contribution < -0.4 is 10.1 Å². The second kappa shape index (κ2) is 8.64. The Hall–Kier alpha value is -3.59. The minimum absolute atomic E-state index is 0.0850. The molecular weight excluding hydrogens is 434 g/mol. The van der Waals surface area contributed by atoms with Crippen molar-refractivity contribution in [2.75, 3.05) is 26.8 Å². The minimum Gasteiger partial charge on any atom is -0.507 e. The fourth-order valence-electron chi connectivity index (χ4n) is 4.35. The first kappa shape index (κ1) is 22.2. The number of aliphatic imine (C=N–C) groups is 1. The number of phenolic OH excluding ortho intramolecular Hbond substituents is 1. The summed E-state index contributed by atoms with van der Waals surface area (Å²) in [6, 6.07) is 9.15. The summed E-state index contributed by atoms with van der Waals surface area (Å²) in [5.74, 6) is 1.12. The van der Waals surface area contributed by atoms with E-state index in [-0.39, 0.29) is 22.8 Å².